The van der Waals surface area contributed by atoms with E-state index in [2.05, 4.69) is 16.3 Å². The fourth-order valence-corrected chi connectivity index (χ4v) is 4.83. The summed E-state index contributed by atoms with van der Waals surface area (Å²) < 4.78 is 6.04. The Hall–Kier alpha value is -1.99. The highest BCUT2D eigenvalue weighted by molar-refractivity contribution is 7.18. The van der Waals surface area contributed by atoms with E-state index in [1.54, 1.807) is 11.3 Å². The van der Waals surface area contributed by atoms with Crippen LogP contribution in [0.5, 0.6) is 0 Å². The number of carbonyl (C=O) groups excluding carboxylic acids is 2. The standard InChI is InChI=1S/C21H29N3O3S/c1-14(2)11-17(21(26)27-3)22-19(25)13-24-10-6-7-15(12-24)20-23-16-8-4-5-9-18(16)28-20/h4-5,8-9,14-15,17H,6-7,10-13H2,1-3H3,(H,22,25)/t15-,17+/m0/s1. The molecular weight excluding hydrogens is 374 g/mol. The van der Waals surface area contributed by atoms with Gasteiger partial charge in [0.1, 0.15) is 6.04 Å². The molecule has 0 spiro atoms. The van der Waals surface area contributed by atoms with E-state index in [1.165, 1.54) is 11.8 Å². The van der Waals surface area contributed by atoms with E-state index < -0.39 is 6.04 Å². The van der Waals surface area contributed by atoms with E-state index in [1.807, 2.05) is 32.0 Å². The molecule has 3 rings (SSSR count). The highest BCUT2D eigenvalue weighted by Gasteiger charge is 2.27. The molecule has 2 heterocycles. The summed E-state index contributed by atoms with van der Waals surface area (Å²) in [6.45, 7) is 6.06. The third-order valence-corrected chi connectivity index (χ3v) is 6.26. The molecule has 1 aliphatic rings. The average Bonchev–Trinajstić information content (AvgIpc) is 3.11. The van der Waals surface area contributed by atoms with E-state index in [9.17, 15) is 9.59 Å². The van der Waals surface area contributed by atoms with Crippen molar-refractivity contribution in [2.45, 2.75) is 45.1 Å². The Kier molecular flexibility index (Phi) is 7.02. The number of nitrogens with one attached hydrogen (secondary N) is 1. The van der Waals surface area contributed by atoms with Crippen LogP contribution in [0.3, 0.4) is 0 Å². The summed E-state index contributed by atoms with van der Waals surface area (Å²) in [6, 6.07) is 7.62. The quantitative estimate of drug-likeness (QED) is 0.719. The Morgan fingerprint density at radius 2 is 2.14 bits per heavy atom. The van der Waals surface area contributed by atoms with Gasteiger partial charge in [-0.1, -0.05) is 26.0 Å². The van der Waals surface area contributed by atoms with Crippen molar-refractivity contribution in [1.29, 1.82) is 0 Å². The minimum absolute atomic E-state index is 0.124. The molecule has 7 heteroatoms. The topological polar surface area (TPSA) is 71.5 Å². The van der Waals surface area contributed by atoms with Crippen LogP contribution in [0.15, 0.2) is 24.3 Å². The molecule has 1 aliphatic heterocycles. The monoisotopic (exact) mass is 403 g/mol. The van der Waals surface area contributed by atoms with Gasteiger partial charge in [-0.25, -0.2) is 9.78 Å². The van der Waals surface area contributed by atoms with E-state index in [0.717, 1.165) is 36.5 Å². The highest BCUT2D eigenvalue weighted by atomic mass is 32.1. The van der Waals surface area contributed by atoms with E-state index in [0.29, 0.717) is 24.8 Å². The van der Waals surface area contributed by atoms with Crippen LogP contribution in [-0.2, 0) is 14.3 Å². The van der Waals surface area contributed by atoms with Gasteiger partial charge >= 0.3 is 5.97 Å². The number of rotatable bonds is 7. The molecule has 1 amide bonds. The van der Waals surface area contributed by atoms with Crippen LogP contribution >= 0.6 is 11.3 Å². The molecule has 6 nitrogen and oxygen atoms in total. The minimum atomic E-state index is -0.581. The lowest BCUT2D eigenvalue weighted by atomic mass is 9.98. The van der Waals surface area contributed by atoms with Crippen LogP contribution in [0.1, 0.15) is 44.0 Å². The summed E-state index contributed by atoms with van der Waals surface area (Å²) in [4.78, 5) is 31.4. The van der Waals surface area contributed by atoms with Crippen LogP contribution in [0.2, 0.25) is 0 Å². The predicted molar refractivity (Wildman–Crippen MR) is 111 cm³/mol. The van der Waals surface area contributed by atoms with Crippen molar-refractivity contribution >= 4 is 33.4 Å². The Balaban J connectivity index is 1.59. The maximum atomic E-state index is 12.5. The molecule has 0 radical (unpaired) electrons. The van der Waals surface area contributed by atoms with Gasteiger partial charge in [0, 0.05) is 12.5 Å². The summed E-state index contributed by atoms with van der Waals surface area (Å²) in [5.74, 6) is 0.142. The van der Waals surface area contributed by atoms with Crippen molar-refractivity contribution in [2.24, 2.45) is 5.92 Å². The summed E-state index contributed by atoms with van der Waals surface area (Å²) >= 11 is 1.75. The third kappa shape index (κ3) is 5.29. The van der Waals surface area contributed by atoms with Crippen molar-refractivity contribution in [1.82, 2.24) is 15.2 Å². The molecule has 2 atom stereocenters. The first kappa shape index (κ1) is 20.7. The molecule has 1 aromatic carbocycles. The van der Waals surface area contributed by atoms with Gasteiger partial charge in [0.15, 0.2) is 0 Å². The van der Waals surface area contributed by atoms with Gasteiger partial charge in [0.05, 0.1) is 28.9 Å². The maximum Gasteiger partial charge on any atom is 0.328 e. The number of aromatic nitrogens is 1. The number of nitrogens with zero attached hydrogens (tertiary/aromatic N) is 2. The average molecular weight is 404 g/mol. The molecule has 1 N–H and O–H groups in total. The summed E-state index contributed by atoms with van der Waals surface area (Å²) in [5, 5.41) is 4.01. The Morgan fingerprint density at radius 1 is 1.36 bits per heavy atom. The number of carbonyl (C=O) groups is 2. The summed E-state index contributed by atoms with van der Waals surface area (Å²) in [6.07, 6.45) is 2.71. The van der Waals surface area contributed by atoms with Crippen LogP contribution in [0.4, 0.5) is 0 Å². The first-order valence-corrected chi connectivity index (χ1v) is 10.7. The second kappa shape index (κ2) is 9.47. The number of benzene rings is 1. The Labute approximate surface area is 170 Å². The van der Waals surface area contributed by atoms with Crippen LogP contribution in [0, 0.1) is 5.92 Å². The summed E-state index contributed by atoms with van der Waals surface area (Å²) in [7, 11) is 1.36. The lowest BCUT2D eigenvalue weighted by molar-refractivity contribution is -0.145. The van der Waals surface area contributed by atoms with Gasteiger partial charge in [-0.05, 0) is 43.9 Å². The van der Waals surface area contributed by atoms with Crippen LogP contribution in [0.25, 0.3) is 10.2 Å². The molecule has 0 unspecified atom stereocenters. The number of likely N-dealkylation sites (tertiary alicyclic amines) is 1. The van der Waals surface area contributed by atoms with Crippen molar-refractivity contribution in [3.05, 3.63) is 29.3 Å². The first-order valence-electron chi connectivity index (χ1n) is 9.91. The first-order chi connectivity index (χ1) is 13.5. The normalized spacial score (nSPS) is 18.9. The molecular formula is C21H29N3O3S. The van der Waals surface area contributed by atoms with E-state index in [4.69, 9.17) is 9.72 Å². The van der Waals surface area contributed by atoms with E-state index >= 15 is 0 Å². The molecule has 28 heavy (non-hydrogen) atoms. The number of hydrogen-bond acceptors (Lipinski definition) is 6. The molecule has 1 aromatic heterocycles. The number of esters is 1. The number of para-hydroxylation sites is 1. The maximum absolute atomic E-state index is 12.5. The Bertz CT molecular complexity index is 787. The lowest BCUT2D eigenvalue weighted by Gasteiger charge is -2.31. The van der Waals surface area contributed by atoms with Crippen LogP contribution in [-0.4, -0.2) is 54.5 Å². The zero-order valence-electron chi connectivity index (χ0n) is 16.8. The van der Waals surface area contributed by atoms with Crippen molar-refractivity contribution in [2.75, 3.05) is 26.7 Å². The largest absolute Gasteiger partial charge is 0.467 e. The number of ether oxygens (including phenoxy) is 1. The van der Waals surface area contributed by atoms with Gasteiger partial charge < -0.3 is 10.1 Å². The second-order valence-corrected chi connectivity index (χ2v) is 8.93. The van der Waals surface area contributed by atoms with Gasteiger partial charge in [-0.15, -0.1) is 11.3 Å². The molecule has 1 fully saturated rings. The highest BCUT2D eigenvalue weighted by Crippen LogP contribution is 2.32. The lowest BCUT2D eigenvalue weighted by Crippen LogP contribution is -2.48. The number of methoxy groups -OCH3 is 1. The molecule has 0 aliphatic carbocycles. The molecule has 1 saturated heterocycles. The third-order valence-electron chi connectivity index (χ3n) is 5.06. The zero-order valence-corrected chi connectivity index (χ0v) is 17.6. The van der Waals surface area contributed by atoms with Crippen molar-refractivity contribution in [3.63, 3.8) is 0 Å². The molecule has 0 bridgehead atoms. The number of amides is 1. The fourth-order valence-electron chi connectivity index (χ4n) is 3.74. The molecule has 0 saturated carbocycles. The van der Waals surface area contributed by atoms with Crippen molar-refractivity contribution in [3.8, 4) is 0 Å². The van der Waals surface area contributed by atoms with E-state index in [-0.39, 0.29) is 11.9 Å². The number of thiazole rings is 1. The summed E-state index contributed by atoms with van der Waals surface area (Å²) in [5.41, 5.74) is 1.05. The van der Waals surface area contributed by atoms with Crippen LogP contribution < -0.4 is 5.32 Å². The predicted octanol–water partition coefficient (Wildman–Crippen LogP) is 3.18. The minimum Gasteiger partial charge on any atom is -0.467 e. The Morgan fingerprint density at radius 3 is 2.86 bits per heavy atom. The fraction of sp³-hybridized carbons (Fsp3) is 0.571. The van der Waals surface area contributed by atoms with Gasteiger partial charge in [0.25, 0.3) is 0 Å². The zero-order chi connectivity index (χ0) is 20.1. The van der Waals surface area contributed by atoms with Gasteiger partial charge in [-0.2, -0.15) is 0 Å². The molecule has 2 aromatic rings. The number of hydrogen-bond donors (Lipinski definition) is 1. The smallest absolute Gasteiger partial charge is 0.328 e. The SMILES string of the molecule is COC(=O)[C@@H](CC(C)C)NC(=O)CN1CCC[C@H](c2nc3ccccc3s2)C1. The van der Waals surface area contributed by atoms with Gasteiger partial charge in [0.2, 0.25) is 5.91 Å². The number of fused-ring (bicyclic) bond motifs is 1. The second-order valence-electron chi connectivity index (χ2n) is 7.87. The van der Waals surface area contributed by atoms with Crippen molar-refractivity contribution < 1.29 is 14.3 Å². The van der Waals surface area contributed by atoms with Gasteiger partial charge in [-0.3, -0.25) is 9.69 Å². The number of piperidine rings is 1. The molecule has 152 valence electrons.